The van der Waals surface area contributed by atoms with Gasteiger partial charge < -0.3 is 9.32 Å². The number of furan rings is 1. The Labute approximate surface area is 374 Å². The lowest BCUT2D eigenvalue weighted by atomic mass is 9.74. The molecule has 0 radical (unpaired) electrons. The van der Waals surface area contributed by atoms with Crippen molar-refractivity contribution in [3.63, 3.8) is 0 Å². The van der Waals surface area contributed by atoms with E-state index in [9.17, 15) is 0 Å². The molecule has 302 valence electrons. The molecule has 0 bridgehead atoms. The van der Waals surface area contributed by atoms with Crippen molar-refractivity contribution in [3.8, 4) is 55.6 Å². The molecule has 0 saturated heterocycles. The van der Waals surface area contributed by atoms with Crippen LogP contribution in [-0.2, 0) is 5.41 Å². The third-order valence-electron chi connectivity index (χ3n) is 13.4. The molecule has 0 aliphatic heterocycles. The van der Waals surface area contributed by atoms with Gasteiger partial charge in [0.15, 0.2) is 0 Å². The van der Waals surface area contributed by atoms with E-state index in [1.54, 1.807) is 0 Å². The summed E-state index contributed by atoms with van der Waals surface area (Å²) in [5, 5.41) is 2.27. The second-order valence-electron chi connectivity index (χ2n) is 16.9. The molecular weight excluding hydrogens is 775 g/mol. The lowest BCUT2D eigenvalue weighted by molar-refractivity contribution is 0.669. The summed E-state index contributed by atoms with van der Waals surface area (Å²) < 4.78 is 6.32. The Morgan fingerprint density at radius 2 is 0.859 bits per heavy atom. The van der Waals surface area contributed by atoms with Crippen LogP contribution in [0.25, 0.3) is 77.6 Å². The summed E-state index contributed by atoms with van der Waals surface area (Å²) in [5.74, 6) is 0. The van der Waals surface area contributed by atoms with Gasteiger partial charge in [0.2, 0.25) is 0 Å². The third kappa shape index (κ3) is 6.10. The van der Waals surface area contributed by atoms with Crippen molar-refractivity contribution in [2.45, 2.75) is 12.3 Å². The molecule has 0 N–H and O–H groups in total. The topological polar surface area (TPSA) is 16.4 Å². The van der Waals surface area contributed by atoms with E-state index in [1.165, 1.54) is 55.6 Å². The average molecular weight is 818 g/mol. The van der Waals surface area contributed by atoms with Gasteiger partial charge in [0, 0.05) is 33.1 Å². The van der Waals surface area contributed by atoms with Gasteiger partial charge in [-0.1, -0.05) is 194 Å². The SMILES string of the molecule is CC1(c2ccccc2)c2ccccc2-c2ccc(N(c3ccc(-c4ccc5c(c4)oc4ccccc45)cc3)c3ccccc3-c3ccccc3-c3ccccc3-c3ccccc3)cc21. The fraction of sp³-hybridized carbons (Fsp3) is 0.0323. The average Bonchev–Trinajstić information content (AvgIpc) is 3.87. The normalized spacial score (nSPS) is 14.1. The highest BCUT2D eigenvalue weighted by molar-refractivity contribution is 6.06. The quantitative estimate of drug-likeness (QED) is 0.152. The second-order valence-corrected chi connectivity index (χ2v) is 16.9. The zero-order chi connectivity index (χ0) is 42.6. The molecule has 0 spiro atoms. The molecule has 0 fully saturated rings. The lowest BCUT2D eigenvalue weighted by Crippen LogP contribution is -2.22. The molecule has 64 heavy (non-hydrogen) atoms. The largest absolute Gasteiger partial charge is 0.456 e. The van der Waals surface area contributed by atoms with E-state index in [2.05, 4.69) is 242 Å². The first-order valence-electron chi connectivity index (χ1n) is 22.1. The second kappa shape index (κ2) is 15.3. The van der Waals surface area contributed by atoms with E-state index in [-0.39, 0.29) is 5.41 Å². The molecule has 1 unspecified atom stereocenters. The number of nitrogens with zero attached hydrogens (tertiary/aromatic N) is 1. The van der Waals surface area contributed by atoms with Gasteiger partial charge in [0.25, 0.3) is 0 Å². The molecule has 10 aromatic carbocycles. The summed E-state index contributed by atoms with van der Waals surface area (Å²) >= 11 is 0. The van der Waals surface area contributed by atoms with Crippen LogP contribution >= 0.6 is 0 Å². The maximum absolute atomic E-state index is 6.32. The summed E-state index contributed by atoms with van der Waals surface area (Å²) in [4.78, 5) is 2.45. The fourth-order valence-corrected chi connectivity index (χ4v) is 10.3. The Bertz CT molecular complexity index is 3510. The van der Waals surface area contributed by atoms with Crippen LogP contribution in [0.5, 0.6) is 0 Å². The third-order valence-corrected chi connectivity index (χ3v) is 13.4. The van der Waals surface area contributed by atoms with E-state index in [4.69, 9.17) is 4.42 Å². The predicted molar refractivity (Wildman–Crippen MR) is 268 cm³/mol. The molecule has 12 rings (SSSR count). The van der Waals surface area contributed by atoms with Gasteiger partial charge in [0.05, 0.1) is 5.69 Å². The van der Waals surface area contributed by atoms with E-state index in [0.717, 1.165) is 55.7 Å². The van der Waals surface area contributed by atoms with E-state index < -0.39 is 0 Å². The van der Waals surface area contributed by atoms with Crippen LogP contribution in [0.2, 0.25) is 0 Å². The Balaban J connectivity index is 1.04. The van der Waals surface area contributed by atoms with Crippen LogP contribution < -0.4 is 4.90 Å². The fourth-order valence-electron chi connectivity index (χ4n) is 10.3. The van der Waals surface area contributed by atoms with Crippen LogP contribution in [0.3, 0.4) is 0 Å². The number of para-hydroxylation sites is 2. The molecule has 2 nitrogen and oxygen atoms in total. The number of hydrogen-bond donors (Lipinski definition) is 0. The van der Waals surface area contributed by atoms with Gasteiger partial charge in [-0.25, -0.2) is 0 Å². The zero-order valence-corrected chi connectivity index (χ0v) is 35.4. The molecule has 11 aromatic rings. The van der Waals surface area contributed by atoms with Gasteiger partial charge >= 0.3 is 0 Å². The summed E-state index contributed by atoms with van der Waals surface area (Å²) in [6.45, 7) is 2.39. The van der Waals surface area contributed by atoms with Gasteiger partial charge in [0.1, 0.15) is 11.2 Å². The molecule has 2 heteroatoms. The maximum atomic E-state index is 6.32. The van der Waals surface area contributed by atoms with Crippen LogP contribution in [0.1, 0.15) is 23.6 Å². The minimum atomic E-state index is -0.346. The van der Waals surface area contributed by atoms with Crippen molar-refractivity contribution >= 4 is 39.0 Å². The molecular formula is C62H43NO. The smallest absolute Gasteiger partial charge is 0.136 e. The van der Waals surface area contributed by atoms with E-state index in [0.29, 0.717) is 0 Å². The summed E-state index contributed by atoms with van der Waals surface area (Å²) in [6, 6.07) is 88.1. The van der Waals surface area contributed by atoms with Crippen molar-refractivity contribution in [3.05, 3.63) is 259 Å². The molecule has 0 amide bonds. The predicted octanol–water partition coefficient (Wildman–Crippen LogP) is 17.1. The van der Waals surface area contributed by atoms with E-state index in [1.807, 2.05) is 12.1 Å². The summed E-state index contributed by atoms with van der Waals surface area (Å²) in [5.41, 5.74) is 20.6. The molecule has 1 aliphatic carbocycles. The highest BCUT2D eigenvalue weighted by Crippen LogP contribution is 2.54. The number of benzene rings is 10. The first-order chi connectivity index (χ1) is 31.6. The lowest BCUT2D eigenvalue weighted by Gasteiger charge is -2.32. The van der Waals surface area contributed by atoms with Gasteiger partial charge in [-0.05, 0) is 122 Å². The first-order valence-corrected chi connectivity index (χ1v) is 22.1. The Kier molecular flexibility index (Phi) is 8.98. The molecule has 1 aliphatic rings. The van der Waals surface area contributed by atoms with Crippen LogP contribution in [0.15, 0.2) is 247 Å². The van der Waals surface area contributed by atoms with Crippen molar-refractivity contribution in [2.24, 2.45) is 0 Å². The Morgan fingerprint density at radius 1 is 0.328 bits per heavy atom. The number of fused-ring (bicyclic) bond motifs is 6. The molecule has 1 heterocycles. The molecule has 1 atom stereocenters. The zero-order valence-electron chi connectivity index (χ0n) is 35.4. The first kappa shape index (κ1) is 37.6. The summed E-state index contributed by atoms with van der Waals surface area (Å²) in [6.07, 6.45) is 0. The molecule has 0 saturated carbocycles. The van der Waals surface area contributed by atoms with Crippen molar-refractivity contribution in [1.82, 2.24) is 0 Å². The van der Waals surface area contributed by atoms with Crippen molar-refractivity contribution in [1.29, 1.82) is 0 Å². The van der Waals surface area contributed by atoms with Crippen molar-refractivity contribution in [2.75, 3.05) is 4.90 Å². The van der Waals surface area contributed by atoms with Gasteiger partial charge in [-0.3, -0.25) is 0 Å². The standard InChI is InChI=1S/C62H43NO/c1-62(45-20-6-3-7-21-45)57-29-15-12-26-52(57)53-39-37-47(41-58(53)62)63(46-35-32-42(33-36-46)44-34-38-56-55-28-14-17-31-60(55)64-61(56)40-44)59-30-16-13-27-54(59)51-25-11-10-24-50(51)49-23-9-8-22-48(49)43-18-4-2-5-19-43/h2-41H,1H3. The number of rotatable bonds is 8. The van der Waals surface area contributed by atoms with Crippen LogP contribution in [-0.4, -0.2) is 0 Å². The highest BCUT2D eigenvalue weighted by Gasteiger charge is 2.41. The van der Waals surface area contributed by atoms with Gasteiger partial charge in [-0.15, -0.1) is 0 Å². The Morgan fingerprint density at radius 3 is 1.62 bits per heavy atom. The van der Waals surface area contributed by atoms with Gasteiger partial charge in [-0.2, -0.15) is 0 Å². The number of hydrogen-bond acceptors (Lipinski definition) is 2. The minimum Gasteiger partial charge on any atom is -0.456 e. The highest BCUT2D eigenvalue weighted by atomic mass is 16.3. The van der Waals surface area contributed by atoms with Crippen LogP contribution in [0.4, 0.5) is 17.1 Å². The maximum Gasteiger partial charge on any atom is 0.136 e. The van der Waals surface area contributed by atoms with Crippen molar-refractivity contribution < 1.29 is 4.42 Å². The van der Waals surface area contributed by atoms with E-state index >= 15 is 0 Å². The van der Waals surface area contributed by atoms with Crippen LogP contribution in [0, 0.1) is 0 Å². The summed E-state index contributed by atoms with van der Waals surface area (Å²) in [7, 11) is 0. The minimum absolute atomic E-state index is 0.346. The molecule has 1 aromatic heterocycles. The monoisotopic (exact) mass is 817 g/mol. The number of anilines is 3. The Hall–Kier alpha value is -8.20.